The molecule has 2 rings (SSSR count). The first-order valence-electron chi connectivity index (χ1n) is 6.35. The minimum absolute atomic E-state index is 0.149. The van der Waals surface area contributed by atoms with Crippen molar-refractivity contribution >= 4 is 17.5 Å². The summed E-state index contributed by atoms with van der Waals surface area (Å²) in [5, 5.41) is 8.55. The van der Waals surface area contributed by atoms with Crippen molar-refractivity contribution in [1.82, 2.24) is 15.2 Å². The van der Waals surface area contributed by atoms with Gasteiger partial charge in [-0.15, -0.1) is 0 Å². The molecular weight excluding hydrogens is 272 g/mol. The number of pyridine rings is 1. The number of aromatic amines is 1. The first kappa shape index (κ1) is 14.7. The Morgan fingerprint density at radius 2 is 2.05 bits per heavy atom. The van der Waals surface area contributed by atoms with Crippen LogP contribution in [0.1, 0.15) is 35.8 Å². The number of hydrogen-bond donors (Lipinski definition) is 4. The third-order valence-electron chi connectivity index (χ3n) is 2.77. The molecule has 0 aliphatic carbocycles. The topological polar surface area (TPSA) is 126 Å². The summed E-state index contributed by atoms with van der Waals surface area (Å²) in [5.41, 5.74) is 3.23. The highest BCUT2D eigenvalue weighted by Gasteiger charge is 2.12. The van der Waals surface area contributed by atoms with Crippen LogP contribution in [-0.2, 0) is 0 Å². The van der Waals surface area contributed by atoms with E-state index in [4.69, 9.17) is 5.84 Å². The van der Waals surface area contributed by atoms with E-state index in [1.54, 1.807) is 6.07 Å². The highest BCUT2D eigenvalue weighted by Crippen LogP contribution is 2.17. The Kier molecular flexibility index (Phi) is 4.29. The van der Waals surface area contributed by atoms with Crippen LogP contribution in [-0.4, -0.2) is 21.1 Å². The minimum atomic E-state index is -0.365. The van der Waals surface area contributed by atoms with Gasteiger partial charge in [-0.2, -0.15) is 5.10 Å². The van der Waals surface area contributed by atoms with Crippen molar-refractivity contribution in [3.63, 3.8) is 0 Å². The average molecular weight is 288 g/mol. The van der Waals surface area contributed by atoms with Gasteiger partial charge in [0.25, 0.3) is 11.5 Å². The summed E-state index contributed by atoms with van der Waals surface area (Å²) in [6.45, 7) is 3.93. The molecule has 1 amide bonds. The number of nitrogens with zero attached hydrogens (tertiary/aromatic N) is 2. The predicted molar refractivity (Wildman–Crippen MR) is 78.9 cm³/mol. The van der Waals surface area contributed by atoms with E-state index in [9.17, 15) is 9.59 Å². The van der Waals surface area contributed by atoms with Gasteiger partial charge in [0.15, 0.2) is 5.82 Å². The molecule has 0 aromatic carbocycles. The van der Waals surface area contributed by atoms with Crippen molar-refractivity contribution in [3.8, 4) is 0 Å². The number of hydrogen-bond acceptors (Lipinski definition) is 6. The molecule has 21 heavy (non-hydrogen) atoms. The fraction of sp³-hybridized carbons (Fsp3) is 0.231. The highest BCUT2D eigenvalue weighted by atomic mass is 16.2. The van der Waals surface area contributed by atoms with E-state index in [0.29, 0.717) is 11.4 Å². The van der Waals surface area contributed by atoms with Gasteiger partial charge in [-0.25, -0.2) is 15.9 Å². The second-order valence-electron chi connectivity index (χ2n) is 4.73. The molecule has 8 nitrogen and oxygen atoms in total. The van der Waals surface area contributed by atoms with Gasteiger partial charge >= 0.3 is 0 Å². The van der Waals surface area contributed by atoms with Crippen LogP contribution >= 0.6 is 0 Å². The fourth-order valence-corrected chi connectivity index (χ4v) is 1.66. The molecule has 0 spiro atoms. The number of rotatable bonds is 4. The van der Waals surface area contributed by atoms with Crippen LogP contribution in [0.15, 0.2) is 29.1 Å². The summed E-state index contributed by atoms with van der Waals surface area (Å²) < 4.78 is 0. The first-order chi connectivity index (χ1) is 9.99. The maximum atomic E-state index is 12.2. The summed E-state index contributed by atoms with van der Waals surface area (Å²) in [6.07, 6.45) is 0. The van der Waals surface area contributed by atoms with Crippen molar-refractivity contribution in [2.45, 2.75) is 19.8 Å². The number of carbonyl (C=O) groups is 1. The highest BCUT2D eigenvalue weighted by molar-refractivity contribution is 6.04. The van der Waals surface area contributed by atoms with Gasteiger partial charge in [-0.1, -0.05) is 13.8 Å². The molecule has 2 aromatic rings. The van der Waals surface area contributed by atoms with Crippen LogP contribution in [0, 0.1) is 0 Å². The van der Waals surface area contributed by atoms with Gasteiger partial charge in [0, 0.05) is 17.3 Å². The summed E-state index contributed by atoms with van der Waals surface area (Å²) in [7, 11) is 0. The normalized spacial score (nSPS) is 10.5. The quantitative estimate of drug-likeness (QED) is 0.487. The van der Waals surface area contributed by atoms with Gasteiger partial charge in [0.05, 0.1) is 0 Å². The third-order valence-corrected chi connectivity index (χ3v) is 2.77. The maximum Gasteiger partial charge on any atom is 0.264 e. The third kappa shape index (κ3) is 3.63. The van der Waals surface area contributed by atoms with Crippen molar-refractivity contribution in [2.75, 3.05) is 10.7 Å². The molecule has 2 heterocycles. The lowest BCUT2D eigenvalue weighted by atomic mass is 10.1. The molecule has 0 atom stereocenters. The van der Waals surface area contributed by atoms with E-state index in [-0.39, 0.29) is 23.2 Å². The number of nitrogen functional groups attached to an aromatic ring is 1. The van der Waals surface area contributed by atoms with Gasteiger partial charge in [0.1, 0.15) is 5.82 Å². The van der Waals surface area contributed by atoms with E-state index in [1.165, 1.54) is 18.2 Å². The van der Waals surface area contributed by atoms with Gasteiger partial charge in [-0.05, 0) is 24.1 Å². The summed E-state index contributed by atoms with van der Waals surface area (Å²) >= 11 is 0. The number of hydrazine groups is 1. The van der Waals surface area contributed by atoms with E-state index in [2.05, 4.69) is 25.9 Å². The summed E-state index contributed by atoms with van der Waals surface area (Å²) in [5.74, 6) is 5.80. The number of H-pyrrole nitrogens is 1. The molecule has 0 radical (unpaired) electrons. The van der Waals surface area contributed by atoms with Crippen molar-refractivity contribution < 1.29 is 4.79 Å². The van der Waals surface area contributed by atoms with Crippen LogP contribution in [0.5, 0.6) is 0 Å². The zero-order valence-corrected chi connectivity index (χ0v) is 11.7. The molecule has 2 aromatic heterocycles. The molecule has 0 bridgehead atoms. The van der Waals surface area contributed by atoms with Crippen LogP contribution < -0.4 is 22.1 Å². The Bertz CT molecular complexity index is 690. The number of nitrogens with two attached hydrogens (primary N) is 1. The average Bonchev–Trinajstić information content (AvgIpc) is 2.49. The molecular formula is C13H16N6O2. The SMILES string of the molecule is CC(C)c1cc(C(=O)Nc2ccc(=O)[nH]n2)cc(NN)n1. The summed E-state index contributed by atoms with van der Waals surface area (Å²) in [6, 6.07) is 5.92. The Balaban J connectivity index is 2.27. The number of carbonyl (C=O) groups excluding carboxylic acids is 1. The number of aromatic nitrogens is 3. The van der Waals surface area contributed by atoms with Crippen LogP contribution in [0.3, 0.4) is 0 Å². The Labute approximate surface area is 120 Å². The minimum Gasteiger partial charge on any atom is -0.308 e. The van der Waals surface area contributed by atoms with E-state index in [1.807, 2.05) is 13.8 Å². The molecule has 0 saturated heterocycles. The van der Waals surface area contributed by atoms with Gasteiger partial charge < -0.3 is 10.7 Å². The Hall–Kier alpha value is -2.74. The van der Waals surface area contributed by atoms with Gasteiger partial charge in [0.2, 0.25) is 0 Å². The molecule has 0 aliphatic heterocycles. The number of amides is 1. The van der Waals surface area contributed by atoms with Crippen molar-refractivity contribution in [3.05, 3.63) is 45.9 Å². The molecule has 0 saturated carbocycles. The standard InChI is InChI=1S/C13H16N6O2/c1-7(2)9-5-8(6-11(15-9)17-14)13(21)16-10-3-4-12(20)19-18-10/h3-7H,14H2,1-2H3,(H,15,17)(H,19,20)(H,16,18,21). The van der Waals surface area contributed by atoms with Gasteiger partial charge in [-0.3, -0.25) is 9.59 Å². The number of nitrogens with one attached hydrogen (secondary N) is 3. The lowest BCUT2D eigenvalue weighted by molar-refractivity contribution is 0.102. The lowest BCUT2D eigenvalue weighted by Crippen LogP contribution is -2.18. The second kappa shape index (κ2) is 6.14. The lowest BCUT2D eigenvalue weighted by Gasteiger charge is -2.10. The van der Waals surface area contributed by atoms with Crippen molar-refractivity contribution in [2.24, 2.45) is 5.84 Å². The molecule has 110 valence electrons. The largest absolute Gasteiger partial charge is 0.308 e. The summed E-state index contributed by atoms with van der Waals surface area (Å²) in [4.78, 5) is 27.4. The van der Waals surface area contributed by atoms with Crippen molar-refractivity contribution in [1.29, 1.82) is 0 Å². The zero-order valence-electron chi connectivity index (χ0n) is 11.7. The molecule has 0 aliphatic rings. The van der Waals surface area contributed by atoms with E-state index < -0.39 is 0 Å². The van der Waals surface area contributed by atoms with E-state index >= 15 is 0 Å². The van der Waals surface area contributed by atoms with Crippen LogP contribution in [0.4, 0.5) is 11.6 Å². The second-order valence-corrected chi connectivity index (χ2v) is 4.73. The Morgan fingerprint density at radius 1 is 1.29 bits per heavy atom. The number of anilines is 2. The van der Waals surface area contributed by atoms with E-state index in [0.717, 1.165) is 5.69 Å². The monoisotopic (exact) mass is 288 g/mol. The fourth-order valence-electron chi connectivity index (χ4n) is 1.66. The smallest absolute Gasteiger partial charge is 0.264 e. The van der Waals surface area contributed by atoms with Crippen LogP contribution in [0.25, 0.3) is 0 Å². The van der Waals surface area contributed by atoms with Crippen LogP contribution in [0.2, 0.25) is 0 Å². The first-order valence-corrected chi connectivity index (χ1v) is 6.35. The maximum absolute atomic E-state index is 12.2. The molecule has 0 unspecified atom stereocenters. The zero-order chi connectivity index (χ0) is 15.4. The molecule has 5 N–H and O–H groups in total. The predicted octanol–water partition coefficient (Wildman–Crippen LogP) is 0.826. The molecule has 0 fully saturated rings. The Morgan fingerprint density at radius 3 is 2.62 bits per heavy atom. The molecule has 8 heteroatoms.